The van der Waals surface area contributed by atoms with Crippen molar-refractivity contribution in [3.05, 3.63) is 46.5 Å². The standard InChI is InChI=1S/C16H19ClN2O2/c17-14-4-2-1-3-13(14)15-11-19(8-7-18-15)16(20)12-5-9-21-10-6-12/h1-5,15,18H,6-11H2. The van der Waals surface area contributed by atoms with Crippen molar-refractivity contribution in [2.75, 3.05) is 32.8 Å². The van der Waals surface area contributed by atoms with Crippen molar-refractivity contribution < 1.29 is 9.53 Å². The summed E-state index contributed by atoms with van der Waals surface area (Å²) in [6, 6.07) is 7.90. The third-order valence-corrected chi connectivity index (χ3v) is 4.33. The lowest BCUT2D eigenvalue weighted by Crippen LogP contribution is -2.49. The molecule has 1 fully saturated rings. The number of hydrogen-bond acceptors (Lipinski definition) is 3. The monoisotopic (exact) mass is 306 g/mol. The smallest absolute Gasteiger partial charge is 0.249 e. The Morgan fingerprint density at radius 2 is 2.24 bits per heavy atom. The van der Waals surface area contributed by atoms with E-state index in [1.54, 1.807) is 0 Å². The van der Waals surface area contributed by atoms with Crippen LogP contribution in [0, 0.1) is 0 Å². The largest absolute Gasteiger partial charge is 0.377 e. The molecule has 1 N–H and O–H groups in total. The fourth-order valence-electron chi connectivity index (χ4n) is 2.82. The SMILES string of the molecule is O=C(C1=CCOCC1)N1CCNC(c2ccccc2Cl)C1. The van der Waals surface area contributed by atoms with E-state index in [4.69, 9.17) is 16.3 Å². The number of nitrogens with zero attached hydrogens (tertiary/aromatic N) is 1. The van der Waals surface area contributed by atoms with Gasteiger partial charge in [-0.15, -0.1) is 0 Å². The summed E-state index contributed by atoms with van der Waals surface area (Å²) in [6.45, 7) is 3.35. The first-order valence-corrected chi connectivity index (χ1v) is 7.67. The molecule has 0 bridgehead atoms. The number of benzene rings is 1. The molecule has 1 amide bonds. The Bertz CT molecular complexity index is 559. The number of amides is 1. The minimum Gasteiger partial charge on any atom is -0.377 e. The highest BCUT2D eigenvalue weighted by atomic mass is 35.5. The first-order chi connectivity index (χ1) is 10.3. The van der Waals surface area contributed by atoms with Gasteiger partial charge >= 0.3 is 0 Å². The van der Waals surface area contributed by atoms with Gasteiger partial charge in [0.25, 0.3) is 0 Å². The second-order valence-electron chi connectivity index (χ2n) is 5.33. The minimum atomic E-state index is 0.0943. The Balaban J connectivity index is 1.72. The molecular weight excluding hydrogens is 288 g/mol. The van der Waals surface area contributed by atoms with Gasteiger partial charge in [0.2, 0.25) is 5.91 Å². The quantitative estimate of drug-likeness (QED) is 0.910. The van der Waals surface area contributed by atoms with Crippen LogP contribution in [0.15, 0.2) is 35.9 Å². The van der Waals surface area contributed by atoms with Crippen molar-refractivity contribution in [1.29, 1.82) is 0 Å². The Morgan fingerprint density at radius 3 is 3.00 bits per heavy atom. The summed E-state index contributed by atoms with van der Waals surface area (Å²) >= 11 is 6.26. The number of halogens is 1. The molecule has 1 unspecified atom stereocenters. The maximum Gasteiger partial charge on any atom is 0.249 e. The predicted molar refractivity (Wildman–Crippen MR) is 82.3 cm³/mol. The maximum absolute atomic E-state index is 12.6. The summed E-state index contributed by atoms with van der Waals surface area (Å²) in [5.41, 5.74) is 1.93. The fraction of sp³-hybridized carbons (Fsp3) is 0.438. The van der Waals surface area contributed by atoms with E-state index < -0.39 is 0 Å². The van der Waals surface area contributed by atoms with E-state index in [0.717, 1.165) is 29.2 Å². The number of rotatable bonds is 2. The van der Waals surface area contributed by atoms with Gasteiger partial charge in [0.15, 0.2) is 0 Å². The van der Waals surface area contributed by atoms with Crippen molar-refractivity contribution in [2.24, 2.45) is 0 Å². The summed E-state index contributed by atoms with van der Waals surface area (Å²) in [5, 5.41) is 4.19. The van der Waals surface area contributed by atoms with Crippen molar-refractivity contribution in [3.8, 4) is 0 Å². The summed E-state index contributed by atoms with van der Waals surface area (Å²) in [5.74, 6) is 0.136. The van der Waals surface area contributed by atoms with E-state index >= 15 is 0 Å². The second-order valence-corrected chi connectivity index (χ2v) is 5.74. The molecule has 1 aromatic carbocycles. The molecule has 21 heavy (non-hydrogen) atoms. The lowest BCUT2D eigenvalue weighted by atomic mass is 10.0. The van der Waals surface area contributed by atoms with E-state index in [2.05, 4.69) is 5.32 Å². The molecule has 0 radical (unpaired) electrons. The van der Waals surface area contributed by atoms with Crippen molar-refractivity contribution in [1.82, 2.24) is 10.2 Å². The zero-order valence-corrected chi connectivity index (χ0v) is 12.6. The lowest BCUT2D eigenvalue weighted by Gasteiger charge is -2.35. The number of ether oxygens (including phenoxy) is 1. The maximum atomic E-state index is 12.6. The van der Waals surface area contributed by atoms with Crippen molar-refractivity contribution in [2.45, 2.75) is 12.5 Å². The third kappa shape index (κ3) is 3.28. The van der Waals surface area contributed by atoms with Crippen LogP contribution in [-0.4, -0.2) is 43.7 Å². The molecule has 1 aromatic rings. The topological polar surface area (TPSA) is 41.6 Å². The Morgan fingerprint density at radius 1 is 1.38 bits per heavy atom. The highest BCUT2D eigenvalue weighted by Gasteiger charge is 2.27. The summed E-state index contributed by atoms with van der Waals surface area (Å²) in [6.07, 6.45) is 2.61. The van der Waals surface area contributed by atoms with Crippen molar-refractivity contribution >= 4 is 17.5 Å². The van der Waals surface area contributed by atoms with Crippen LogP contribution < -0.4 is 5.32 Å². The molecular formula is C16H19ClN2O2. The van der Waals surface area contributed by atoms with Crippen LogP contribution in [0.4, 0.5) is 0 Å². The fourth-order valence-corrected chi connectivity index (χ4v) is 3.09. The molecule has 2 aliphatic heterocycles. The van der Waals surface area contributed by atoms with Crippen LogP contribution in [0.25, 0.3) is 0 Å². The molecule has 0 aliphatic carbocycles. The highest BCUT2D eigenvalue weighted by molar-refractivity contribution is 6.31. The van der Waals surface area contributed by atoms with Gasteiger partial charge in [-0.2, -0.15) is 0 Å². The van der Waals surface area contributed by atoms with Crippen LogP contribution in [0.5, 0.6) is 0 Å². The third-order valence-electron chi connectivity index (χ3n) is 3.98. The Hall–Kier alpha value is -1.36. The Labute approximate surface area is 129 Å². The number of piperazine rings is 1. The molecule has 4 nitrogen and oxygen atoms in total. The van der Waals surface area contributed by atoms with Gasteiger partial charge in [0, 0.05) is 36.7 Å². The molecule has 2 heterocycles. The highest BCUT2D eigenvalue weighted by Crippen LogP contribution is 2.25. The summed E-state index contributed by atoms with van der Waals surface area (Å²) < 4.78 is 5.27. The number of carbonyl (C=O) groups is 1. The van der Waals surface area contributed by atoms with Gasteiger partial charge in [-0.25, -0.2) is 0 Å². The molecule has 0 saturated carbocycles. The van der Waals surface area contributed by atoms with Gasteiger partial charge in [-0.3, -0.25) is 4.79 Å². The normalized spacial score (nSPS) is 22.8. The molecule has 0 spiro atoms. The lowest BCUT2D eigenvalue weighted by molar-refractivity contribution is -0.128. The van der Waals surface area contributed by atoms with Crippen molar-refractivity contribution in [3.63, 3.8) is 0 Å². The van der Waals surface area contributed by atoms with E-state index in [0.29, 0.717) is 26.2 Å². The molecule has 0 aromatic heterocycles. The van der Waals surface area contributed by atoms with Gasteiger partial charge in [-0.05, 0) is 11.6 Å². The van der Waals surface area contributed by atoms with E-state index in [1.807, 2.05) is 35.2 Å². The van der Waals surface area contributed by atoms with Gasteiger partial charge in [0.1, 0.15) is 0 Å². The molecule has 1 atom stereocenters. The molecule has 3 rings (SSSR count). The average Bonchev–Trinajstić information content (AvgIpc) is 2.55. The Kier molecular flexibility index (Phi) is 4.58. The summed E-state index contributed by atoms with van der Waals surface area (Å²) in [4.78, 5) is 14.5. The average molecular weight is 307 g/mol. The van der Waals surface area contributed by atoms with Crippen LogP contribution in [-0.2, 0) is 9.53 Å². The summed E-state index contributed by atoms with van der Waals surface area (Å²) in [7, 11) is 0. The number of nitrogens with one attached hydrogen (secondary N) is 1. The molecule has 112 valence electrons. The van der Waals surface area contributed by atoms with E-state index in [9.17, 15) is 4.79 Å². The zero-order valence-electron chi connectivity index (χ0n) is 11.8. The first kappa shape index (κ1) is 14.6. The zero-order chi connectivity index (χ0) is 14.7. The van der Waals surface area contributed by atoms with E-state index in [1.165, 1.54) is 0 Å². The van der Waals surface area contributed by atoms with Crippen LogP contribution in [0.2, 0.25) is 5.02 Å². The predicted octanol–water partition coefficient (Wildman–Crippen LogP) is 2.16. The van der Waals surface area contributed by atoms with Gasteiger partial charge in [-0.1, -0.05) is 35.9 Å². The molecule has 1 saturated heterocycles. The van der Waals surface area contributed by atoms with E-state index in [-0.39, 0.29) is 11.9 Å². The molecule has 5 heteroatoms. The number of hydrogen-bond donors (Lipinski definition) is 1. The van der Waals surface area contributed by atoms with Gasteiger partial charge in [0.05, 0.1) is 19.3 Å². The minimum absolute atomic E-state index is 0.0943. The van der Waals surface area contributed by atoms with Crippen LogP contribution in [0.1, 0.15) is 18.0 Å². The van der Waals surface area contributed by atoms with Crippen LogP contribution in [0.3, 0.4) is 0 Å². The molecule has 2 aliphatic rings. The van der Waals surface area contributed by atoms with Gasteiger partial charge < -0.3 is 15.0 Å². The second kappa shape index (κ2) is 6.60. The number of carbonyl (C=O) groups excluding carboxylic acids is 1. The van der Waals surface area contributed by atoms with Crippen LogP contribution >= 0.6 is 11.6 Å². The first-order valence-electron chi connectivity index (χ1n) is 7.29.